The third-order valence-corrected chi connectivity index (χ3v) is 11.1. The second-order valence-electron chi connectivity index (χ2n) is 15.2. The Hall–Kier alpha value is -4.96. The van der Waals surface area contributed by atoms with Crippen LogP contribution >= 0.6 is 0 Å². The quantitative estimate of drug-likeness (QED) is 0.0782. The standard InChI is InChI=1S/C50H58N2O2/c1-5-7-9-11-13-15-17-38-20-24-40(25-21-38)51(4)41-28-30-43(31-29-41)52(42-26-22-39(23-27-42)18-16-14-12-10-8-6-2)44-32-34-46-48(36-44)50(54)45-33-19-37(3)35-47(45)49(46)53/h19-36H,5-18H2,1-4H3. The van der Waals surface area contributed by atoms with Crippen LogP contribution in [0.15, 0.2) is 109 Å². The minimum Gasteiger partial charge on any atom is -0.345 e. The van der Waals surface area contributed by atoms with Crippen molar-refractivity contribution >= 4 is 40.0 Å². The average Bonchev–Trinajstić information content (AvgIpc) is 3.20. The van der Waals surface area contributed by atoms with Crippen LogP contribution in [0.5, 0.6) is 0 Å². The Morgan fingerprint density at radius 1 is 0.407 bits per heavy atom. The number of nitrogens with zero attached hydrogens (tertiary/aromatic N) is 2. The van der Waals surface area contributed by atoms with Crippen molar-refractivity contribution in [1.29, 1.82) is 0 Å². The molecule has 0 radical (unpaired) electrons. The van der Waals surface area contributed by atoms with E-state index < -0.39 is 0 Å². The minimum absolute atomic E-state index is 0.0942. The van der Waals surface area contributed by atoms with Crippen molar-refractivity contribution in [2.45, 2.75) is 111 Å². The number of carbonyl (C=O) groups excluding carboxylic acids is 2. The third kappa shape index (κ3) is 9.39. The predicted molar refractivity (Wildman–Crippen MR) is 228 cm³/mol. The number of hydrogen-bond donors (Lipinski definition) is 0. The number of unbranched alkanes of at least 4 members (excludes halogenated alkanes) is 10. The molecule has 4 heteroatoms. The van der Waals surface area contributed by atoms with E-state index in [1.165, 1.54) is 88.2 Å². The fourth-order valence-corrected chi connectivity index (χ4v) is 7.73. The summed E-state index contributed by atoms with van der Waals surface area (Å²) in [6.07, 6.45) is 17.8. The monoisotopic (exact) mass is 718 g/mol. The van der Waals surface area contributed by atoms with Crippen LogP contribution in [-0.4, -0.2) is 18.6 Å². The molecule has 0 heterocycles. The number of aryl methyl sites for hydroxylation is 3. The largest absolute Gasteiger partial charge is 0.345 e. The molecule has 6 rings (SSSR count). The third-order valence-electron chi connectivity index (χ3n) is 11.1. The maximum atomic E-state index is 13.8. The van der Waals surface area contributed by atoms with Crippen LogP contribution in [0.25, 0.3) is 0 Å². The van der Waals surface area contributed by atoms with Crippen molar-refractivity contribution < 1.29 is 9.59 Å². The first-order valence-corrected chi connectivity index (χ1v) is 20.5. The molecule has 0 aromatic heterocycles. The van der Waals surface area contributed by atoms with Crippen LogP contribution in [0.3, 0.4) is 0 Å². The van der Waals surface area contributed by atoms with Crippen LogP contribution in [0.2, 0.25) is 0 Å². The van der Waals surface area contributed by atoms with Crippen molar-refractivity contribution in [2.75, 3.05) is 16.8 Å². The molecule has 0 bridgehead atoms. The highest BCUT2D eigenvalue weighted by Crippen LogP contribution is 2.39. The van der Waals surface area contributed by atoms with E-state index in [4.69, 9.17) is 0 Å². The summed E-state index contributed by atoms with van der Waals surface area (Å²) in [5, 5.41) is 0. The van der Waals surface area contributed by atoms with Crippen molar-refractivity contribution in [1.82, 2.24) is 0 Å². The molecule has 0 saturated carbocycles. The SMILES string of the molecule is CCCCCCCCc1ccc(N(C)c2ccc(N(c3ccc(CCCCCCCC)cc3)c3ccc4c(c3)C(=O)c3ccc(C)cc3C4=O)cc2)cc1. The van der Waals surface area contributed by atoms with E-state index in [2.05, 4.69) is 103 Å². The Morgan fingerprint density at radius 2 is 0.796 bits per heavy atom. The van der Waals surface area contributed by atoms with Crippen molar-refractivity contribution in [3.8, 4) is 0 Å². The molecule has 0 atom stereocenters. The molecule has 0 aliphatic heterocycles. The molecule has 1 aliphatic carbocycles. The van der Waals surface area contributed by atoms with Crippen LogP contribution < -0.4 is 9.80 Å². The second-order valence-corrected chi connectivity index (χ2v) is 15.2. The highest BCUT2D eigenvalue weighted by molar-refractivity contribution is 6.28. The zero-order valence-corrected chi connectivity index (χ0v) is 33.0. The van der Waals surface area contributed by atoms with Crippen LogP contribution in [0.4, 0.5) is 28.4 Å². The summed E-state index contributed by atoms with van der Waals surface area (Å²) in [5.41, 5.74) is 10.7. The predicted octanol–water partition coefficient (Wildman–Crippen LogP) is 13.8. The van der Waals surface area contributed by atoms with Gasteiger partial charge in [0.2, 0.25) is 0 Å². The lowest BCUT2D eigenvalue weighted by Gasteiger charge is -2.28. The Balaban J connectivity index is 1.23. The summed E-state index contributed by atoms with van der Waals surface area (Å²) in [7, 11) is 2.11. The van der Waals surface area contributed by atoms with E-state index >= 15 is 0 Å². The second kappa shape index (κ2) is 18.9. The van der Waals surface area contributed by atoms with Gasteiger partial charge in [0.15, 0.2) is 11.6 Å². The number of fused-ring (bicyclic) bond motifs is 2. The molecule has 0 amide bonds. The zero-order valence-electron chi connectivity index (χ0n) is 33.0. The smallest absolute Gasteiger partial charge is 0.194 e. The first-order chi connectivity index (χ1) is 26.4. The minimum atomic E-state index is -0.106. The Bertz CT molecular complexity index is 1990. The van der Waals surface area contributed by atoms with Gasteiger partial charge in [0.1, 0.15) is 0 Å². The van der Waals surface area contributed by atoms with E-state index in [-0.39, 0.29) is 11.6 Å². The molecule has 1 aliphatic rings. The number of ketones is 2. The number of benzene rings is 5. The molecule has 0 N–H and O–H groups in total. The lowest BCUT2D eigenvalue weighted by molar-refractivity contribution is 0.0979. The van der Waals surface area contributed by atoms with Gasteiger partial charge in [-0.15, -0.1) is 0 Å². The Kier molecular flexibility index (Phi) is 13.5. The lowest BCUT2D eigenvalue weighted by atomic mass is 9.83. The number of anilines is 5. The normalized spacial score (nSPS) is 12.1. The van der Waals surface area contributed by atoms with Gasteiger partial charge < -0.3 is 9.80 Å². The van der Waals surface area contributed by atoms with Crippen LogP contribution in [0.1, 0.15) is 139 Å². The van der Waals surface area contributed by atoms with Gasteiger partial charge in [0.25, 0.3) is 0 Å². The van der Waals surface area contributed by atoms with Crippen LogP contribution in [0, 0.1) is 6.92 Å². The molecule has 4 nitrogen and oxygen atoms in total. The summed E-state index contributed by atoms with van der Waals surface area (Å²) in [5.74, 6) is -0.200. The number of hydrogen-bond acceptors (Lipinski definition) is 4. The molecular weight excluding hydrogens is 661 g/mol. The van der Waals surface area contributed by atoms with Gasteiger partial charge in [-0.3, -0.25) is 9.59 Å². The van der Waals surface area contributed by atoms with E-state index in [1.54, 1.807) is 6.07 Å². The molecule has 280 valence electrons. The zero-order chi connectivity index (χ0) is 37.9. The highest BCUT2D eigenvalue weighted by atomic mass is 16.1. The fraction of sp³-hybridized carbons (Fsp3) is 0.360. The lowest BCUT2D eigenvalue weighted by Crippen LogP contribution is -2.22. The summed E-state index contributed by atoms with van der Waals surface area (Å²) in [6.45, 7) is 6.48. The summed E-state index contributed by atoms with van der Waals surface area (Å²) >= 11 is 0. The number of carbonyl (C=O) groups is 2. The molecule has 0 fully saturated rings. The highest BCUT2D eigenvalue weighted by Gasteiger charge is 2.30. The van der Waals surface area contributed by atoms with Gasteiger partial charge in [-0.1, -0.05) is 120 Å². The molecular formula is C50H58N2O2. The first-order valence-electron chi connectivity index (χ1n) is 20.5. The van der Waals surface area contributed by atoms with Crippen LogP contribution in [-0.2, 0) is 12.8 Å². The number of rotatable bonds is 19. The molecule has 0 saturated heterocycles. The average molecular weight is 719 g/mol. The molecule has 0 unspecified atom stereocenters. The van der Waals surface area contributed by atoms with Crippen molar-refractivity contribution in [3.63, 3.8) is 0 Å². The maximum Gasteiger partial charge on any atom is 0.194 e. The fourth-order valence-electron chi connectivity index (χ4n) is 7.73. The van der Waals surface area contributed by atoms with Gasteiger partial charge in [0, 0.05) is 57.7 Å². The van der Waals surface area contributed by atoms with Gasteiger partial charge in [-0.2, -0.15) is 0 Å². The van der Waals surface area contributed by atoms with Crippen molar-refractivity contribution in [2.24, 2.45) is 0 Å². The van der Waals surface area contributed by atoms with Gasteiger partial charge in [-0.25, -0.2) is 0 Å². The Labute approximate surface area is 324 Å². The Morgan fingerprint density at radius 3 is 1.31 bits per heavy atom. The summed E-state index contributed by atoms with van der Waals surface area (Å²) in [6, 6.07) is 37.7. The van der Waals surface area contributed by atoms with Crippen molar-refractivity contribution in [3.05, 3.63) is 148 Å². The first kappa shape index (κ1) is 38.8. The summed E-state index contributed by atoms with van der Waals surface area (Å²) < 4.78 is 0. The molecule has 0 spiro atoms. The van der Waals surface area contributed by atoms with E-state index in [0.717, 1.165) is 46.8 Å². The van der Waals surface area contributed by atoms with E-state index in [0.29, 0.717) is 22.3 Å². The maximum absolute atomic E-state index is 13.8. The molecule has 5 aromatic carbocycles. The van der Waals surface area contributed by atoms with E-state index in [1.807, 2.05) is 37.3 Å². The van der Waals surface area contributed by atoms with Gasteiger partial charge >= 0.3 is 0 Å². The van der Waals surface area contributed by atoms with Gasteiger partial charge in [0.05, 0.1) is 0 Å². The van der Waals surface area contributed by atoms with E-state index in [9.17, 15) is 9.59 Å². The summed E-state index contributed by atoms with van der Waals surface area (Å²) in [4.78, 5) is 31.8. The molecule has 54 heavy (non-hydrogen) atoms. The topological polar surface area (TPSA) is 40.6 Å². The molecule has 5 aromatic rings. The van der Waals surface area contributed by atoms with Gasteiger partial charge in [-0.05, 0) is 117 Å².